The number of piperidine rings is 1. The summed E-state index contributed by atoms with van der Waals surface area (Å²) in [6, 6.07) is 10.6. The Balaban J connectivity index is 0.00000300. The second kappa shape index (κ2) is 12.4. The molecule has 1 aliphatic heterocycles. The van der Waals surface area contributed by atoms with Gasteiger partial charge in [-0.2, -0.15) is 0 Å². The Bertz CT molecular complexity index is 754. The lowest BCUT2D eigenvalue weighted by Crippen LogP contribution is -2.42. The lowest BCUT2D eigenvalue weighted by molar-refractivity contribution is 0.178. The zero-order valence-electron chi connectivity index (χ0n) is 17.6. The molecule has 1 aromatic carbocycles. The quantitative estimate of drug-likeness (QED) is 0.321. The fraction of sp³-hybridized carbons (Fsp3) is 0.500. The number of hydrogen-bond donors (Lipinski definition) is 2. The minimum absolute atomic E-state index is 0. The molecule has 0 bridgehead atoms. The van der Waals surface area contributed by atoms with E-state index in [4.69, 9.17) is 4.74 Å². The molecule has 29 heavy (non-hydrogen) atoms. The zero-order chi connectivity index (χ0) is 19.8. The summed E-state index contributed by atoms with van der Waals surface area (Å²) in [5.41, 5.74) is 2.70. The standard InChI is InChI=1S/C22H32N4OS.HI/c1-17-10-13-28-21(17)15-25-22(23-2)24-14-18-8-11-26(12-9-18)16-19-4-6-20(27-3)7-5-19;/h4-7,10,13,18H,8-9,11-12,14-16H2,1-3H3,(H2,23,24,25);1H. The number of aliphatic imine (C=N–C) groups is 1. The van der Waals surface area contributed by atoms with Crippen LogP contribution in [-0.2, 0) is 13.1 Å². The highest BCUT2D eigenvalue weighted by Crippen LogP contribution is 2.20. The van der Waals surface area contributed by atoms with E-state index in [-0.39, 0.29) is 24.0 Å². The Morgan fingerprint density at radius 1 is 1.17 bits per heavy atom. The van der Waals surface area contributed by atoms with Crippen LogP contribution in [0.1, 0.15) is 28.8 Å². The largest absolute Gasteiger partial charge is 0.497 e. The number of likely N-dealkylation sites (tertiary alicyclic amines) is 1. The number of ether oxygens (including phenoxy) is 1. The van der Waals surface area contributed by atoms with Gasteiger partial charge >= 0.3 is 0 Å². The van der Waals surface area contributed by atoms with Crippen LogP contribution in [0, 0.1) is 12.8 Å². The number of aryl methyl sites for hydroxylation is 1. The molecule has 2 heterocycles. The molecule has 0 amide bonds. The molecule has 0 spiro atoms. The van der Waals surface area contributed by atoms with Crippen LogP contribution in [0.3, 0.4) is 0 Å². The van der Waals surface area contributed by atoms with Gasteiger partial charge in [0.2, 0.25) is 0 Å². The molecule has 1 aliphatic rings. The van der Waals surface area contributed by atoms with Crippen LogP contribution in [-0.4, -0.2) is 44.7 Å². The van der Waals surface area contributed by atoms with Gasteiger partial charge in [0.15, 0.2) is 5.96 Å². The Morgan fingerprint density at radius 3 is 2.48 bits per heavy atom. The van der Waals surface area contributed by atoms with Gasteiger partial charge in [0, 0.05) is 25.0 Å². The number of nitrogens with zero attached hydrogens (tertiary/aromatic N) is 2. The number of methoxy groups -OCH3 is 1. The molecule has 0 atom stereocenters. The van der Waals surface area contributed by atoms with Gasteiger partial charge < -0.3 is 15.4 Å². The third kappa shape index (κ3) is 7.46. The number of hydrogen-bond acceptors (Lipinski definition) is 4. The van der Waals surface area contributed by atoms with E-state index in [0.29, 0.717) is 5.92 Å². The number of halogens is 1. The summed E-state index contributed by atoms with van der Waals surface area (Å²) in [6.07, 6.45) is 2.45. The molecular formula is C22H33IN4OS. The number of benzene rings is 1. The van der Waals surface area contributed by atoms with E-state index in [9.17, 15) is 0 Å². The first-order valence-electron chi connectivity index (χ1n) is 10.0. The van der Waals surface area contributed by atoms with Gasteiger partial charge in [0.1, 0.15) is 5.75 Å². The van der Waals surface area contributed by atoms with Crippen LogP contribution < -0.4 is 15.4 Å². The molecule has 1 fully saturated rings. The Morgan fingerprint density at radius 2 is 1.90 bits per heavy atom. The van der Waals surface area contributed by atoms with Gasteiger partial charge in [0.05, 0.1) is 13.7 Å². The molecule has 1 aromatic heterocycles. The van der Waals surface area contributed by atoms with E-state index < -0.39 is 0 Å². The van der Waals surface area contributed by atoms with E-state index in [2.05, 4.69) is 51.0 Å². The average molecular weight is 529 g/mol. The van der Waals surface area contributed by atoms with Gasteiger partial charge in [-0.15, -0.1) is 35.3 Å². The van der Waals surface area contributed by atoms with E-state index in [1.807, 2.05) is 19.2 Å². The summed E-state index contributed by atoms with van der Waals surface area (Å²) in [7, 11) is 3.55. The number of thiophene rings is 1. The topological polar surface area (TPSA) is 48.9 Å². The molecule has 5 nitrogen and oxygen atoms in total. The molecule has 160 valence electrons. The minimum atomic E-state index is 0. The van der Waals surface area contributed by atoms with E-state index in [1.165, 1.54) is 28.8 Å². The Hall–Kier alpha value is -1.32. The minimum Gasteiger partial charge on any atom is -0.497 e. The highest BCUT2D eigenvalue weighted by atomic mass is 127. The fourth-order valence-corrected chi connectivity index (χ4v) is 4.39. The predicted octanol–water partition coefficient (Wildman–Crippen LogP) is 4.26. The van der Waals surface area contributed by atoms with Crippen molar-refractivity contribution in [3.63, 3.8) is 0 Å². The molecule has 0 saturated carbocycles. The molecule has 7 heteroatoms. The molecule has 0 unspecified atom stereocenters. The monoisotopic (exact) mass is 528 g/mol. The average Bonchev–Trinajstić information content (AvgIpc) is 3.14. The summed E-state index contributed by atoms with van der Waals surface area (Å²) in [5.74, 6) is 2.52. The second-order valence-corrected chi connectivity index (χ2v) is 8.40. The molecule has 0 radical (unpaired) electrons. The fourth-order valence-electron chi connectivity index (χ4n) is 3.55. The third-order valence-corrected chi connectivity index (χ3v) is 6.46. The van der Waals surface area contributed by atoms with Crippen molar-refractivity contribution in [1.29, 1.82) is 0 Å². The maximum atomic E-state index is 5.24. The first-order valence-corrected chi connectivity index (χ1v) is 10.9. The first kappa shape index (κ1) is 24.0. The lowest BCUT2D eigenvalue weighted by atomic mass is 9.96. The van der Waals surface area contributed by atoms with Crippen LogP contribution in [0.5, 0.6) is 5.75 Å². The van der Waals surface area contributed by atoms with Gasteiger partial charge in [0.25, 0.3) is 0 Å². The van der Waals surface area contributed by atoms with Gasteiger partial charge in [-0.3, -0.25) is 9.89 Å². The Kier molecular flexibility index (Phi) is 10.2. The van der Waals surface area contributed by atoms with Crippen molar-refractivity contribution in [3.8, 4) is 5.75 Å². The summed E-state index contributed by atoms with van der Waals surface area (Å²) < 4.78 is 5.24. The SMILES string of the molecule is CN=C(NCc1sccc1C)NCC1CCN(Cc2ccc(OC)cc2)CC1.I. The molecule has 3 rings (SSSR count). The van der Waals surface area contributed by atoms with Crippen LogP contribution in [0.25, 0.3) is 0 Å². The predicted molar refractivity (Wildman–Crippen MR) is 134 cm³/mol. The van der Waals surface area contributed by atoms with E-state index in [1.54, 1.807) is 18.4 Å². The van der Waals surface area contributed by atoms with Crippen molar-refractivity contribution in [2.24, 2.45) is 10.9 Å². The summed E-state index contributed by atoms with van der Waals surface area (Å²) >= 11 is 1.79. The van der Waals surface area contributed by atoms with Crippen LogP contribution in [0.4, 0.5) is 0 Å². The third-order valence-electron chi connectivity index (χ3n) is 5.44. The van der Waals surface area contributed by atoms with E-state index in [0.717, 1.165) is 44.4 Å². The highest BCUT2D eigenvalue weighted by molar-refractivity contribution is 14.0. The number of rotatable bonds is 7. The van der Waals surface area contributed by atoms with Crippen LogP contribution in [0.2, 0.25) is 0 Å². The summed E-state index contributed by atoms with van der Waals surface area (Å²) in [6.45, 7) is 7.30. The smallest absolute Gasteiger partial charge is 0.191 e. The second-order valence-electron chi connectivity index (χ2n) is 7.40. The van der Waals surface area contributed by atoms with Crippen molar-refractivity contribution >= 4 is 41.3 Å². The molecule has 1 saturated heterocycles. The molecular weight excluding hydrogens is 495 g/mol. The molecule has 2 N–H and O–H groups in total. The van der Waals surface area contributed by atoms with Gasteiger partial charge in [-0.25, -0.2) is 0 Å². The normalized spacial score (nSPS) is 15.6. The van der Waals surface area contributed by atoms with Crippen molar-refractivity contribution < 1.29 is 4.74 Å². The first-order chi connectivity index (χ1) is 13.7. The van der Waals surface area contributed by atoms with Crippen molar-refractivity contribution in [2.45, 2.75) is 32.9 Å². The maximum absolute atomic E-state index is 5.24. The van der Waals surface area contributed by atoms with Crippen molar-refractivity contribution in [1.82, 2.24) is 15.5 Å². The van der Waals surface area contributed by atoms with Crippen LogP contribution in [0.15, 0.2) is 40.7 Å². The lowest BCUT2D eigenvalue weighted by Gasteiger charge is -2.32. The zero-order valence-corrected chi connectivity index (χ0v) is 20.8. The molecule has 0 aliphatic carbocycles. The van der Waals surface area contributed by atoms with Gasteiger partial charge in [-0.1, -0.05) is 12.1 Å². The van der Waals surface area contributed by atoms with E-state index >= 15 is 0 Å². The number of guanidine groups is 1. The van der Waals surface area contributed by atoms with Gasteiger partial charge in [-0.05, 0) is 73.5 Å². The van der Waals surface area contributed by atoms with Crippen molar-refractivity contribution in [3.05, 3.63) is 51.7 Å². The summed E-state index contributed by atoms with van der Waals surface area (Å²) in [5, 5.41) is 9.08. The number of nitrogens with one attached hydrogen (secondary N) is 2. The molecule has 2 aromatic rings. The maximum Gasteiger partial charge on any atom is 0.191 e. The highest BCUT2D eigenvalue weighted by Gasteiger charge is 2.19. The van der Waals surface area contributed by atoms with Crippen molar-refractivity contribution in [2.75, 3.05) is 33.8 Å². The summed E-state index contributed by atoms with van der Waals surface area (Å²) in [4.78, 5) is 8.28. The Labute approximate surface area is 196 Å². The van der Waals surface area contributed by atoms with Crippen LogP contribution >= 0.6 is 35.3 Å².